The minimum Gasteiger partial charge on any atom is -0.497 e. The Morgan fingerprint density at radius 3 is 2.52 bits per heavy atom. The summed E-state index contributed by atoms with van der Waals surface area (Å²) < 4.78 is 10.6. The molecule has 0 spiro atoms. The number of hydrogen-bond donors (Lipinski definition) is 2. The second kappa shape index (κ2) is 8.94. The largest absolute Gasteiger partial charge is 0.497 e. The minimum absolute atomic E-state index is 0.130. The fourth-order valence-corrected chi connectivity index (χ4v) is 2.90. The van der Waals surface area contributed by atoms with Crippen LogP contribution in [0.25, 0.3) is 0 Å². The molecule has 0 fully saturated rings. The van der Waals surface area contributed by atoms with Gasteiger partial charge in [0.15, 0.2) is 6.54 Å². The molecule has 2 N–H and O–H groups in total. The van der Waals surface area contributed by atoms with E-state index in [9.17, 15) is 4.79 Å². The molecule has 1 amide bonds. The van der Waals surface area contributed by atoms with Crippen LogP contribution >= 0.6 is 23.2 Å². The van der Waals surface area contributed by atoms with Crippen molar-refractivity contribution in [1.29, 1.82) is 0 Å². The Morgan fingerprint density at radius 1 is 1.12 bits per heavy atom. The Balaban J connectivity index is 1.97. The standard InChI is InChI=1S/C18H20Cl2N2O3/c1-22(10-12-4-6-14(24-2)9-17(12)25-3)11-18(23)21-16-7-5-13(19)8-15(16)20/h4-9H,10-11H2,1-3H3,(H,21,23)/p+1. The maximum atomic E-state index is 12.2. The summed E-state index contributed by atoms with van der Waals surface area (Å²) in [6.45, 7) is 0.920. The van der Waals surface area contributed by atoms with E-state index < -0.39 is 0 Å². The molecule has 2 aromatic carbocycles. The molecule has 2 rings (SSSR count). The van der Waals surface area contributed by atoms with Crippen molar-refractivity contribution < 1.29 is 19.2 Å². The number of benzene rings is 2. The number of halogens is 2. The molecule has 2 aromatic rings. The van der Waals surface area contributed by atoms with Gasteiger partial charge in [-0.2, -0.15) is 0 Å². The quantitative estimate of drug-likeness (QED) is 0.772. The first-order valence-electron chi connectivity index (χ1n) is 7.70. The lowest BCUT2D eigenvalue weighted by Crippen LogP contribution is -3.08. The maximum absolute atomic E-state index is 12.2. The van der Waals surface area contributed by atoms with Crippen molar-refractivity contribution >= 4 is 34.8 Å². The van der Waals surface area contributed by atoms with E-state index in [1.165, 1.54) is 0 Å². The molecular formula is C18H21Cl2N2O3+. The van der Waals surface area contributed by atoms with Crippen molar-refractivity contribution in [2.45, 2.75) is 6.54 Å². The Morgan fingerprint density at radius 2 is 1.88 bits per heavy atom. The smallest absolute Gasteiger partial charge is 0.279 e. The van der Waals surface area contributed by atoms with Gasteiger partial charge in [-0.05, 0) is 30.3 Å². The number of amides is 1. The number of hydrogen-bond acceptors (Lipinski definition) is 3. The molecule has 1 atom stereocenters. The lowest BCUT2D eigenvalue weighted by molar-refractivity contribution is -0.885. The summed E-state index contributed by atoms with van der Waals surface area (Å²) in [5.41, 5.74) is 1.55. The van der Waals surface area contributed by atoms with Crippen molar-refractivity contribution in [2.24, 2.45) is 0 Å². The zero-order valence-electron chi connectivity index (χ0n) is 14.4. The third-order valence-electron chi connectivity index (χ3n) is 3.65. The third kappa shape index (κ3) is 5.53. The highest BCUT2D eigenvalue weighted by Gasteiger charge is 2.15. The molecule has 0 heterocycles. The number of quaternary nitrogens is 1. The molecule has 0 aliphatic carbocycles. The lowest BCUT2D eigenvalue weighted by atomic mass is 10.2. The molecule has 0 aliphatic rings. The summed E-state index contributed by atoms with van der Waals surface area (Å²) in [5.74, 6) is 1.34. The van der Waals surface area contributed by atoms with Gasteiger partial charge in [0, 0.05) is 16.7 Å². The Hall–Kier alpha value is -1.95. The first-order valence-corrected chi connectivity index (χ1v) is 8.45. The number of carbonyl (C=O) groups is 1. The predicted octanol–water partition coefficient (Wildman–Crippen LogP) is 2.66. The van der Waals surface area contributed by atoms with Crippen molar-refractivity contribution in [1.82, 2.24) is 0 Å². The van der Waals surface area contributed by atoms with Gasteiger partial charge in [-0.15, -0.1) is 0 Å². The van der Waals surface area contributed by atoms with Gasteiger partial charge < -0.3 is 19.7 Å². The second-order valence-corrected chi connectivity index (χ2v) is 6.50. The molecule has 1 unspecified atom stereocenters. The van der Waals surface area contributed by atoms with E-state index in [1.54, 1.807) is 32.4 Å². The topological polar surface area (TPSA) is 52.0 Å². The number of rotatable bonds is 7. The highest BCUT2D eigenvalue weighted by Crippen LogP contribution is 2.25. The van der Waals surface area contributed by atoms with Gasteiger partial charge in [-0.25, -0.2) is 0 Å². The Bertz CT molecular complexity index is 753. The predicted molar refractivity (Wildman–Crippen MR) is 100 cm³/mol. The molecule has 25 heavy (non-hydrogen) atoms. The van der Waals surface area contributed by atoms with Gasteiger partial charge in [0.25, 0.3) is 5.91 Å². The minimum atomic E-state index is -0.130. The molecular weight excluding hydrogens is 363 g/mol. The number of anilines is 1. The van der Waals surface area contributed by atoms with E-state index in [0.29, 0.717) is 22.3 Å². The molecule has 0 saturated carbocycles. The summed E-state index contributed by atoms with van der Waals surface area (Å²) in [6.07, 6.45) is 0. The molecule has 0 saturated heterocycles. The van der Waals surface area contributed by atoms with Crippen molar-refractivity contribution in [3.8, 4) is 11.5 Å². The van der Waals surface area contributed by atoms with E-state index in [0.717, 1.165) is 22.0 Å². The molecule has 0 radical (unpaired) electrons. The Labute approximate surface area is 157 Å². The third-order valence-corrected chi connectivity index (χ3v) is 4.20. The summed E-state index contributed by atoms with van der Waals surface area (Å²) in [7, 11) is 5.16. The summed E-state index contributed by atoms with van der Waals surface area (Å²) in [5, 5.41) is 3.74. The van der Waals surface area contributed by atoms with Gasteiger partial charge in [0.2, 0.25) is 0 Å². The molecule has 0 bridgehead atoms. The first kappa shape index (κ1) is 19.4. The molecule has 7 heteroatoms. The molecule has 134 valence electrons. The van der Waals surface area contributed by atoms with Crippen LogP contribution in [0.5, 0.6) is 11.5 Å². The van der Waals surface area contributed by atoms with Crippen LogP contribution in [0.4, 0.5) is 5.69 Å². The fraction of sp³-hybridized carbons (Fsp3) is 0.278. The normalized spacial score (nSPS) is 11.7. The SMILES string of the molecule is COc1ccc(C[NH+](C)CC(=O)Nc2ccc(Cl)cc2Cl)c(OC)c1. The number of ether oxygens (including phenoxy) is 2. The average Bonchev–Trinajstić information content (AvgIpc) is 2.57. The van der Waals surface area contributed by atoms with Gasteiger partial charge in [-0.3, -0.25) is 4.79 Å². The molecule has 5 nitrogen and oxygen atoms in total. The first-order chi connectivity index (χ1) is 11.9. The van der Waals surface area contributed by atoms with Gasteiger partial charge in [0.05, 0.1) is 32.0 Å². The van der Waals surface area contributed by atoms with Crippen LogP contribution in [-0.2, 0) is 11.3 Å². The van der Waals surface area contributed by atoms with Crippen LogP contribution in [0.2, 0.25) is 10.0 Å². The van der Waals surface area contributed by atoms with Crippen molar-refractivity contribution in [2.75, 3.05) is 33.1 Å². The number of methoxy groups -OCH3 is 2. The summed E-state index contributed by atoms with van der Waals surface area (Å²) in [6, 6.07) is 10.6. The number of nitrogens with one attached hydrogen (secondary N) is 2. The number of likely N-dealkylation sites (N-methyl/N-ethyl adjacent to an activating group) is 1. The van der Waals surface area contributed by atoms with Crippen LogP contribution in [0.3, 0.4) is 0 Å². The summed E-state index contributed by atoms with van der Waals surface area (Å²) >= 11 is 11.9. The summed E-state index contributed by atoms with van der Waals surface area (Å²) in [4.78, 5) is 13.2. The Kier molecular flexibility index (Phi) is 6.93. The fourth-order valence-electron chi connectivity index (χ4n) is 2.44. The molecule has 0 aromatic heterocycles. The van der Waals surface area contributed by atoms with E-state index in [1.807, 2.05) is 25.2 Å². The van der Waals surface area contributed by atoms with Crippen LogP contribution in [-0.4, -0.2) is 33.7 Å². The maximum Gasteiger partial charge on any atom is 0.279 e. The van der Waals surface area contributed by atoms with Crippen LogP contribution in [0, 0.1) is 0 Å². The van der Waals surface area contributed by atoms with E-state index in [2.05, 4.69) is 5.32 Å². The van der Waals surface area contributed by atoms with Crippen molar-refractivity contribution in [3.63, 3.8) is 0 Å². The van der Waals surface area contributed by atoms with Gasteiger partial charge >= 0.3 is 0 Å². The van der Waals surface area contributed by atoms with Crippen LogP contribution in [0.1, 0.15) is 5.56 Å². The lowest BCUT2D eigenvalue weighted by Gasteiger charge is -2.16. The van der Waals surface area contributed by atoms with Crippen LogP contribution in [0.15, 0.2) is 36.4 Å². The average molecular weight is 384 g/mol. The van der Waals surface area contributed by atoms with Gasteiger partial charge in [-0.1, -0.05) is 23.2 Å². The highest BCUT2D eigenvalue weighted by atomic mass is 35.5. The zero-order chi connectivity index (χ0) is 18.4. The number of carbonyl (C=O) groups excluding carboxylic acids is 1. The van der Waals surface area contributed by atoms with Crippen LogP contribution < -0.4 is 19.7 Å². The van der Waals surface area contributed by atoms with Crippen molar-refractivity contribution in [3.05, 3.63) is 52.0 Å². The van der Waals surface area contributed by atoms with E-state index in [4.69, 9.17) is 32.7 Å². The van der Waals surface area contributed by atoms with E-state index >= 15 is 0 Å². The van der Waals surface area contributed by atoms with E-state index in [-0.39, 0.29) is 12.5 Å². The molecule has 0 aliphatic heterocycles. The second-order valence-electron chi connectivity index (χ2n) is 5.66. The highest BCUT2D eigenvalue weighted by molar-refractivity contribution is 6.36. The zero-order valence-corrected chi connectivity index (χ0v) is 15.9. The monoisotopic (exact) mass is 383 g/mol. The van der Waals surface area contributed by atoms with Gasteiger partial charge in [0.1, 0.15) is 18.0 Å².